The average Bonchev–Trinajstić information content (AvgIpc) is 2.91. The maximum atomic E-state index is 5.90. The van der Waals surface area contributed by atoms with Crippen LogP contribution in [0.2, 0.25) is 5.02 Å². The van der Waals surface area contributed by atoms with E-state index in [1.807, 2.05) is 42.5 Å². The van der Waals surface area contributed by atoms with E-state index in [0.717, 1.165) is 35.3 Å². The van der Waals surface area contributed by atoms with Gasteiger partial charge in [0.25, 0.3) is 0 Å². The van der Waals surface area contributed by atoms with Crippen LogP contribution in [-0.4, -0.2) is 11.5 Å². The van der Waals surface area contributed by atoms with Gasteiger partial charge in [-0.3, -0.25) is 0 Å². The van der Waals surface area contributed by atoms with E-state index < -0.39 is 0 Å². The van der Waals surface area contributed by atoms with E-state index in [-0.39, 0.29) is 0 Å². The number of benzene rings is 2. The Kier molecular flexibility index (Phi) is 4.11. The molecular formula is C17H17ClN2O. The molecular weight excluding hydrogens is 284 g/mol. The van der Waals surface area contributed by atoms with E-state index >= 15 is 0 Å². The quantitative estimate of drug-likeness (QED) is 0.645. The number of aromatic nitrogens is 1. The van der Waals surface area contributed by atoms with Gasteiger partial charge in [-0.15, -0.1) is 0 Å². The standard InChI is InChI=1S/C17H17ClN2O/c1-2-3-10-19-14-8-9-16-15(11-14)20-17(21-16)12-4-6-13(18)7-5-12/h4-9,11,19H,2-3,10H2,1H3. The van der Waals surface area contributed by atoms with Crippen LogP contribution >= 0.6 is 11.6 Å². The lowest BCUT2D eigenvalue weighted by atomic mass is 10.2. The predicted molar refractivity (Wildman–Crippen MR) is 87.9 cm³/mol. The third-order valence-corrected chi connectivity index (χ3v) is 3.59. The average molecular weight is 301 g/mol. The molecule has 1 heterocycles. The zero-order chi connectivity index (χ0) is 14.7. The van der Waals surface area contributed by atoms with Crippen molar-refractivity contribution in [3.8, 4) is 11.5 Å². The highest BCUT2D eigenvalue weighted by Crippen LogP contribution is 2.27. The molecule has 0 spiro atoms. The number of unbranched alkanes of at least 4 members (excludes halogenated alkanes) is 1. The highest BCUT2D eigenvalue weighted by molar-refractivity contribution is 6.30. The Morgan fingerprint density at radius 1 is 1.14 bits per heavy atom. The number of fused-ring (bicyclic) bond motifs is 1. The minimum absolute atomic E-state index is 0.618. The van der Waals surface area contributed by atoms with Gasteiger partial charge in [0.05, 0.1) is 0 Å². The second kappa shape index (κ2) is 6.19. The smallest absolute Gasteiger partial charge is 0.227 e. The molecule has 0 radical (unpaired) electrons. The number of halogens is 1. The molecule has 0 aliphatic heterocycles. The zero-order valence-electron chi connectivity index (χ0n) is 11.9. The number of oxazole rings is 1. The van der Waals surface area contributed by atoms with E-state index in [4.69, 9.17) is 16.0 Å². The van der Waals surface area contributed by atoms with Gasteiger partial charge < -0.3 is 9.73 Å². The molecule has 1 N–H and O–H groups in total. The van der Waals surface area contributed by atoms with Crippen molar-refractivity contribution in [2.45, 2.75) is 19.8 Å². The fraction of sp³-hybridized carbons (Fsp3) is 0.235. The van der Waals surface area contributed by atoms with E-state index in [9.17, 15) is 0 Å². The molecule has 21 heavy (non-hydrogen) atoms. The summed E-state index contributed by atoms with van der Waals surface area (Å²) in [4.78, 5) is 4.55. The number of anilines is 1. The topological polar surface area (TPSA) is 38.1 Å². The summed E-state index contributed by atoms with van der Waals surface area (Å²) in [5, 5.41) is 4.10. The van der Waals surface area contributed by atoms with Crippen LogP contribution in [-0.2, 0) is 0 Å². The van der Waals surface area contributed by atoms with Gasteiger partial charge >= 0.3 is 0 Å². The normalized spacial score (nSPS) is 11.0. The first kappa shape index (κ1) is 14.0. The van der Waals surface area contributed by atoms with E-state index in [0.29, 0.717) is 10.9 Å². The lowest BCUT2D eigenvalue weighted by Gasteiger charge is -2.03. The Balaban J connectivity index is 1.87. The molecule has 0 unspecified atom stereocenters. The first-order chi connectivity index (χ1) is 10.3. The molecule has 0 amide bonds. The third kappa shape index (κ3) is 3.19. The summed E-state index contributed by atoms with van der Waals surface area (Å²) < 4.78 is 5.79. The fourth-order valence-corrected chi connectivity index (χ4v) is 2.29. The van der Waals surface area contributed by atoms with Crippen LogP contribution in [0.4, 0.5) is 5.69 Å². The van der Waals surface area contributed by atoms with Crippen molar-refractivity contribution in [1.29, 1.82) is 0 Å². The Morgan fingerprint density at radius 3 is 2.71 bits per heavy atom. The Labute approximate surface area is 128 Å². The van der Waals surface area contributed by atoms with Crippen molar-refractivity contribution in [3.63, 3.8) is 0 Å². The van der Waals surface area contributed by atoms with Crippen LogP contribution in [0.25, 0.3) is 22.6 Å². The van der Waals surface area contributed by atoms with E-state index in [1.165, 1.54) is 6.42 Å². The largest absolute Gasteiger partial charge is 0.436 e. The molecule has 4 heteroatoms. The summed E-state index contributed by atoms with van der Waals surface area (Å²) in [7, 11) is 0. The fourth-order valence-electron chi connectivity index (χ4n) is 2.16. The van der Waals surface area contributed by atoms with E-state index in [2.05, 4.69) is 17.2 Å². The molecule has 0 atom stereocenters. The van der Waals surface area contributed by atoms with Gasteiger partial charge in [0.1, 0.15) is 5.52 Å². The number of nitrogens with one attached hydrogen (secondary N) is 1. The summed E-state index contributed by atoms with van der Waals surface area (Å²) in [5.41, 5.74) is 3.66. The first-order valence-corrected chi connectivity index (χ1v) is 7.54. The van der Waals surface area contributed by atoms with Crippen molar-refractivity contribution in [3.05, 3.63) is 47.5 Å². The second-order valence-electron chi connectivity index (χ2n) is 4.99. The number of hydrogen-bond donors (Lipinski definition) is 1. The third-order valence-electron chi connectivity index (χ3n) is 3.34. The number of rotatable bonds is 5. The van der Waals surface area contributed by atoms with Crippen LogP contribution in [0.5, 0.6) is 0 Å². The summed E-state index contributed by atoms with van der Waals surface area (Å²) >= 11 is 5.90. The van der Waals surface area contributed by atoms with Crippen LogP contribution in [0.15, 0.2) is 46.9 Å². The highest BCUT2D eigenvalue weighted by atomic mass is 35.5. The van der Waals surface area contributed by atoms with Gasteiger partial charge in [-0.25, -0.2) is 4.98 Å². The molecule has 0 aliphatic carbocycles. The molecule has 0 bridgehead atoms. The summed E-state index contributed by atoms with van der Waals surface area (Å²) in [6, 6.07) is 13.5. The molecule has 0 saturated heterocycles. The Morgan fingerprint density at radius 2 is 1.95 bits per heavy atom. The maximum absolute atomic E-state index is 5.90. The lowest BCUT2D eigenvalue weighted by molar-refractivity contribution is 0.620. The van der Waals surface area contributed by atoms with Gasteiger partial charge in [0.2, 0.25) is 5.89 Å². The summed E-state index contributed by atoms with van der Waals surface area (Å²) in [6.07, 6.45) is 2.34. The van der Waals surface area contributed by atoms with Gasteiger partial charge in [-0.05, 0) is 48.9 Å². The second-order valence-corrected chi connectivity index (χ2v) is 5.43. The predicted octanol–water partition coefficient (Wildman–Crippen LogP) is 5.36. The van der Waals surface area contributed by atoms with Crippen LogP contribution in [0, 0.1) is 0 Å². The maximum Gasteiger partial charge on any atom is 0.227 e. The van der Waals surface area contributed by atoms with Crippen molar-refractivity contribution in [2.75, 3.05) is 11.9 Å². The molecule has 3 aromatic rings. The Bertz CT molecular complexity index is 734. The van der Waals surface area contributed by atoms with Crippen LogP contribution in [0.3, 0.4) is 0 Å². The molecule has 3 nitrogen and oxygen atoms in total. The van der Waals surface area contributed by atoms with Crippen molar-refractivity contribution in [1.82, 2.24) is 4.98 Å². The minimum Gasteiger partial charge on any atom is -0.436 e. The molecule has 108 valence electrons. The minimum atomic E-state index is 0.618. The molecule has 3 rings (SSSR count). The molecule has 2 aromatic carbocycles. The highest BCUT2D eigenvalue weighted by Gasteiger charge is 2.08. The summed E-state index contributed by atoms with van der Waals surface area (Å²) in [5.74, 6) is 0.618. The summed E-state index contributed by atoms with van der Waals surface area (Å²) in [6.45, 7) is 3.16. The zero-order valence-corrected chi connectivity index (χ0v) is 12.7. The van der Waals surface area contributed by atoms with Gasteiger partial charge in [0, 0.05) is 22.8 Å². The molecule has 0 fully saturated rings. The number of nitrogens with zero attached hydrogens (tertiary/aromatic N) is 1. The van der Waals surface area contributed by atoms with Gasteiger partial charge in [-0.2, -0.15) is 0 Å². The van der Waals surface area contributed by atoms with Crippen molar-refractivity contribution in [2.24, 2.45) is 0 Å². The van der Waals surface area contributed by atoms with Gasteiger partial charge in [0.15, 0.2) is 5.58 Å². The lowest BCUT2D eigenvalue weighted by Crippen LogP contribution is -2.00. The molecule has 1 aromatic heterocycles. The van der Waals surface area contributed by atoms with E-state index in [1.54, 1.807) is 0 Å². The van der Waals surface area contributed by atoms with Gasteiger partial charge in [-0.1, -0.05) is 24.9 Å². The molecule has 0 saturated carbocycles. The van der Waals surface area contributed by atoms with Crippen molar-refractivity contribution < 1.29 is 4.42 Å². The van der Waals surface area contributed by atoms with Crippen molar-refractivity contribution >= 4 is 28.4 Å². The Hall–Kier alpha value is -2.00. The van der Waals surface area contributed by atoms with Crippen LogP contribution in [0.1, 0.15) is 19.8 Å². The number of hydrogen-bond acceptors (Lipinski definition) is 3. The molecule has 0 aliphatic rings. The van der Waals surface area contributed by atoms with Crippen LogP contribution < -0.4 is 5.32 Å². The first-order valence-electron chi connectivity index (χ1n) is 7.16. The monoisotopic (exact) mass is 300 g/mol. The SMILES string of the molecule is CCCCNc1ccc2oc(-c3ccc(Cl)cc3)nc2c1.